The van der Waals surface area contributed by atoms with E-state index in [1.165, 1.54) is 12.1 Å². The molecule has 3 fully saturated rings. The maximum absolute atomic E-state index is 13.1. The number of hydrogen-bond donors (Lipinski definition) is 1. The lowest BCUT2D eigenvalue weighted by Gasteiger charge is -2.23. The van der Waals surface area contributed by atoms with E-state index in [0.717, 1.165) is 10.4 Å². The molecule has 0 radical (unpaired) electrons. The number of terminal acetylenes is 2. The Morgan fingerprint density at radius 2 is 1.86 bits per heavy atom. The van der Waals surface area contributed by atoms with Gasteiger partial charge in [-0.25, -0.2) is 8.42 Å². The van der Waals surface area contributed by atoms with Crippen molar-refractivity contribution in [3.05, 3.63) is 29.3 Å². The minimum atomic E-state index is -4.77. The molecule has 154 valence electrons. The Balaban J connectivity index is 0.000000707. The van der Waals surface area contributed by atoms with Crippen LogP contribution in [0.2, 0.25) is 0 Å². The number of halogens is 3. The van der Waals surface area contributed by atoms with E-state index in [4.69, 9.17) is 10.00 Å². The largest absolute Gasteiger partial charge is 0.417 e. The van der Waals surface area contributed by atoms with Crippen molar-refractivity contribution in [3.63, 3.8) is 0 Å². The van der Waals surface area contributed by atoms with Crippen LogP contribution in [0.1, 0.15) is 17.5 Å². The molecule has 1 aromatic carbocycles. The van der Waals surface area contributed by atoms with Crippen LogP contribution < -0.4 is 4.31 Å². The number of nitriles is 1. The topological polar surface area (TPSA) is 90.6 Å². The lowest BCUT2D eigenvalue weighted by Crippen LogP contribution is -2.42. The van der Waals surface area contributed by atoms with Crippen molar-refractivity contribution in [3.8, 4) is 31.8 Å². The van der Waals surface area contributed by atoms with Gasteiger partial charge in [-0.05, 0) is 18.2 Å². The SMILES string of the molecule is C#C.C#C.N#Cc1ccc(N2CC3C([C@H]4O[C@@H]3C[C@@H]4O)S2(=O)=O)cc1C(F)(F)F. The Bertz CT molecular complexity index is 959. The van der Waals surface area contributed by atoms with E-state index in [1.54, 1.807) is 0 Å². The van der Waals surface area contributed by atoms with Gasteiger partial charge in [0.15, 0.2) is 0 Å². The number of ether oxygens (including phenoxy) is 1. The van der Waals surface area contributed by atoms with Crippen molar-refractivity contribution in [1.82, 2.24) is 0 Å². The van der Waals surface area contributed by atoms with Crippen LogP contribution in [0.4, 0.5) is 18.9 Å². The van der Waals surface area contributed by atoms with Gasteiger partial charge in [0.25, 0.3) is 0 Å². The zero-order valence-electron chi connectivity index (χ0n) is 15.0. The number of anilines is 1. The van der Waals surface area contributed by atoms with Crippen molar-refractivity contribution >= 4 is 15.7 Å². The third-order valence-electron chi connectivity index (χ3n) is 5.15. The van der Waals surface area contributed by atoms with Crippen LogP contribution in [0.15, 0.2) is 18.2 Å². The molecule has 3 heterocycles. The highest BCUT2D eigenvalue weighted by Gasteiger charge is 2.64. The van der Waals surface area contributed by atoms with Crippen LogP contribution in [-0.2, 0) is 20.9 Å². The third kappa shape index (κ3) is 3.54. The van der Waals surface area contributed by atoms with E-state index in [1.807, 2.05) is 0 Å². The zero-order valence-corrected chi connectivity index (χ0v) is 15.8. The molecule has 4 rings (SSSR count). The number of sulfonamides is 1. The van der Waals surface area contributed by atoms with Gasteiger partial charge in [0.05, 0.1) is 35.1 Å². The fourth-order valence-corrected chi connectivity index (χ4v) is 6.44. The summed E-state index contributed by atoms with van der Waals surface area (Å²) in [5.74, 6) is -0.386. The summed E-state index contributed by atoms with van der Waals surface area (Å²) in [7, 11) is -3.97. The predicted octanol–water partition coefficient (Wildman–Crippen LogP) is 1.74. The molecule has 2 unspecified atom stereocenters. The number of alkyl halides is 3. The summed E-state index contributed by atoms with van der Waals surface area (Å²) < 4.78 is 71.5. The van der Waals surface area contributed by atoms with E-state index in [9.17, 15) is 26.7 Å². The summed E-state index contributed by atoms with van der Waals surface area (Å²) in [5, 5.41) is 17.8. The second-order valence-corrected chi connectivity index (χ2v) is 8.50. The zero-order chi connectivity index (χ0) is 22.1. The van der Waals surface area contributed by atoms with Crippen LogP contribution in [0.3, 0.4) is 0 Å². The summed E-state index contributed by atoms with van der Waals surface area (Å²) in [6, 6.07) is 4.33. The van der Waals surface area contributed by atoms with Gasteiger partial charge in [0.1, 0.15) is 11.4 Å². The van der Waals surface area contributed by atoms with Crippen LogP contribution in [-0.4, -0.2) is 43.6 Å². The number of fused-ring (bicyclic) bond motifs is 5. The third-order valence-corrected chi connectivity index (χ3v) is 7.43. The number of rotatable bonds is 1. The van der Waals surface area contributed by atoms with Gasteiger partial charge in [-0.3, -0.25) is 4.31 Å². The number of benzene rings is 1. The first kappa shape index (κ1) is 22.6. The standard InChI is InChI=1S/C15H13F3N2O4S.2C2H2/c16-15(17,18)10-3-8(2-1-7(10)5-19)20-6-9-12-4-11(21)13(24-12)14(9)25(20,22)23;2*1-2/h1-3,9,11-14,21H,4,6H2;2*1-2H/t9?,11-,12+,13-,14?;;/m0../s1. The molecule has 1 aromatic rings. The van der Waals surface area contributed by atoms with E-state index in [0.29, 0.717) is 12.5 Å². The average molecular weight is 426 g/mol. The van der Waals surface area contributed by atoms with E-state index in [-0.39, 0.29) is 18.2 Å². The molecule has 0 aliphatic carbocycles. The maximum Gasteiger partial charge on any atom is 0.417 e. The lowest BCUT2D eigenvalue weighted by atomic mass is 9.87. The van der Waals surface area contributed by atoms with Gasteiger partial charge < -0.3 is 9.84 Å². The smallest absolute Gasteiger partial charge is 0.390 e. The molecule has 0 spiro atoms. The minimum Gasteiger partial charge on any atom is -0.390 e. The van der Waals surface area contributed by atoms with Crippen LogP contribution >= 0.6 is 0 Å². The van der Waals surface area contributed by atoms with E-state index in [2.05, 4.69) is 25.7 Å². The first-order valence-electron chi connectivity index (χ1n) is 8.27. The summed E-state index contributed by atoms with van der Waals surface area (Å²) in [5.41, 5.74) is -1.86. The Labute approximate surface area is 166 Å². The molecule has 10 heteroatoms. The molecule has 3 aliphatic heterocycles. The first-order chi connectivity index (χ1) is 13.6. The van der Waals surface area contributed by atoms with E-state index >= 15 is 0 Å². The molecule has 1 N–H and O–H groups in total. The Hall–Kier alpha value is -2.71. The molecule has 0 amide bonds. The summed E-state index contributed by atoms with van der Waals surface area (Å²) >= 11 is 0. The summed E-state index contributed by atoms with van der Waals surface area (Å²) in [4.78, 5) is 0. The minimum absolute atomic E-state index is 0.00405. The predicted molar refractivity (Wildman–Crippen MR) is 98.8 cm³/mol. The highest BCUT2D eigenvalue weighted by molar-refractivity contribution is 7.93. The molecule has 2 bridgehead atoms. The van der Waals surface area contributed by atoms with Gasteiger partial charge in [0, 0.05) is 18.9 Å². The second kappa shape index (κ2) is 7.96. The molecule has 3 saturated heterocycles. The Kier molecular flexibility index (Phi) is 6.20. The summed E-state index contributed by atoms with van der Waals surface area (Å²) in [6.07, 6.45) is 9.43. The molecule has 0 saturated carbocycles. The monoisotopic (exact) mass is 426 g/mol. The fraction of sp³-hybridized carbons (Fsp3) is 0.421. The maximum atomic E-state index is 13.1. The fourth-order valence-electron chi connectivity index (χ4n) is 4.07. The van der Waals surface area contributed by atoms with Crippen molar-refractivity contribution in [2.24, 2.45) is 5.92 Å². The molecular weight excluding hydrogens is 409 g/mol. The molecule has 0 aromatic heterocycles. The molecule has 29 heavy (non-hydrogen) atoms. The van der Waals surface area contributed by atoms with Crippen molar-refractivity contribution in [2.45, 2.75) is 36.2 Å². The first-order valence-corrected chi connectivity index (χ1v) is 9.78. The highest BCUT2D eigenvalue weighted by atomic mass is 32.2. The molecule has 5 atom stereocenters. The van der Waals surface area contributed by atoms with Gasteiger partial charge in [0.2, 0.25) is 10.0 Å². The molecule has 3 aliphatic rings. The van der Waals surface area contributed by atoms with Gasteiger partial charge in [-0.2, -0.15) is 18.4 Å². The number of aliphatic hydroxyl groups excluding tert-OH is 1. The molecular formula is C19H17F3N2O4S. The quantitative estimate of drug-likeness (QED) is 0.691. The van der Waals surface area contributed by atoms with Crippen molar-refractivity contribution in [1.29, 1.82) is 5.26 Å². The number of nitrogens with zero attached hydrogens (tertiary/aromatic N) is 2. The van der Waals surface area contributed by atoms with Gasteiger partial charge in [-0.15, -0.1) is 25.7 Å². The molecule has 6 nitrogen and oxygen atoms in total. The van der Waals surface area contributed by atoms with Crippen LogP contribution in [0.25, 0.3) is 0 Å². The van der Waals surface area contributed by atoms with Gasteiger partial charge >= 0.3 is 6.18 Å². The Morgan fingerprint density at radius 3 is 2.41 bits per heavy atom. The number of hydrogen-bond acceptors (Lipinski definition) is 5. The van der Waals surface area contributed by atoms with Crippen LogP contribution in [0, 0.1) is 42.9 Å². The van der Waals surface area contributed by atoms with Crippen LogP contribution in [0.5, 0.6) is 0 Å². The lowest BCUT2D eigenvalue weighted by molar-refractivity contribution is -0.137. The number of aliphatic hydroxyl groups is 1. The van der Waals surface area contributed by atoms with Crippen molar-refractivity contribution in [2.75, 3.05) is 10.8 Å². The highest BCUT2D eigenvalue weighted by Crippen LogP contribution is 2.49. The van der Waals surface area contributed by atoms with Gasteiger partial charge in [-0.1, -0.05) is 0 Å². The summed E-state index contributed by atoms with van der Waals surface area (Å²) in [6.45, 7) is 0.00405. The normalized spacial score (nSPS) is 30.9. The Morgan fingerprint density at radius 1 is 1.24 bits per heavy atom. The van der Waals surface area contributed by atoms with Crippen molar-refractivity contribution < 1.29 is 31.4 Å². The average Bonchev–Trinajstić information content (AvgIpc) is 3.33. The second-order valence-electron chi connectivity index (χ2n) is 6.49. The van der Waals surface area contributed by atoms with E-state index < -0.39 is 50.9 Å².